The summed E-state index contributed by atoms with van der Waals surface area (Å²) in [4.78, 5) is 5.84. The Balaban J connectivity index is 2.46. The maximum atomic E-state index is 13.2. The smallest absolute Gasteiger partial charge is 0.161 e. The lowest BCUT2D eigenvalue weighted by molar-refractivity contribution is 0.628. The lowest BCUT2D eigenvalue weighted by Crippen LogP contribution is -2.15. The molecule has 19 heavy (non-hydrogen) atoms. The highest BCUT2D eigenvalue weighted by atomic mass is 35.5. The molecule has 3 N–H and O–H groups in total. The van der Waals surface area contributed by atoms with Gasteiger partial charge in [0.2, 0.25) is 0 Å². The van der Waals surface area contributed by atoms with Gasteiger partial charge in [0, 0.05) is 12.7 Å². The van der Waals surface area contributed by atoms with E-state index in [0.717, 1.165) is 0 Å². The SMILES string of the molecule is CN(c1cccc(F)c1)c1nc(NN)c(Cl)cc1Cl. The van der Waals surface area contributed by atoms with Crippen molar-refractivity contribution in [2.45, 2.75) is 0 Å². The van der Waals surface area contributed by atoms with Crippen molar-refractivity contribution in [2.75, 3.05) is 17.4 Å². The zero-order valence-electron chi connectivity index (χ0n) is 9.99. The first kappa shape index (κ1) is 13.9. The summed E-state index contributed by atoms with van der Waals surface area (Å²) in [6.45, 7) is 0. The highest BCUT2D eigenvalue weighted by molar-refractivity contribution is 6.37. The largest absolute Gasteiger partial charge is 0.328 e. The van der Waals surface area contributed by atoms with E-state index in [4.69, 9.17) is 29.0 Å². The van der Waals surface area contributed by atoms with Crippen molar-refractivity contribution in [3.63, 3.8) is 0 Å². The molecule has 0 aliphatic rings. The Hall–Kier alpha value is -1.56. The van der Waals surface area contributed by atoms with Crippen molar-refractivity contribution in [3.05, 3.63) is 46.2 Å². The number of halogens is 3. The van der Waals surface area contributed by atoms with Gasteiger partial charge in [-0.3, -0.25) is 0 Å². The number of aromatic nitrogens is 1. The molecule has 0 amide bonds. The van der Waals surface area contributed by atoms with Crippen LogP contribution >= 0.6 is 23.2 Å². The van der Waals surface area contributed by atoms with Crippen LogP contribution in [-0.2, 0) is 0 Å². The number of benzene rings is 1. The van der Waals surface area contributed by atoms with Gasteiger partial charge in [0.05, 0.1) is 10.0 Å². The number of nitrogens with two attached hydrogens (primary N) is 1. The molecule has 7 heteroatoms. The predicted octanol–water partition coefficient (Wildman–Crippen LogP) is 3.58. The zero-order chi connectivity index (χ0) is 14.0. The van der Waals surface area contributed by atoms with E-state index < -0.39 is 0 Å². The van der Waals surface area contributed by atoms with E-state index in [1.165, 1.54) is 18.2 Å². The molecule has 0 saturated carbocycles. The predicted molar refractivity (Wildman–Crippen MR) is 76.5 cm³/mol. The Labute approximate surface area is 119 Å². The minimum absolute atomic E-state index is 0.296. The number of nitrogens with zero attached hydrogens (tertiary/aromatic N) is 2. The number of pyridine rings is 1. The fourth-order valence-corrected chi connectivity index (χ4v) is 2.14. The summed E-state index contributed by atoms with van der Waals surface area (Å²) in [5.74, 6) is 5.69. The third-order valence-electron chi connectivity index (χ3n) is 2.56. The second kappa shape index (κ2) is 5.61. The van der Waals surface area contributed by atoms with Crippen LogP contribution in [-0.4, -0.2) is 12.0 Å². The fraction of sp³-hybridized carbons (Fsp3) is 0.0833. The van der Waals surface area contributed by atoms with Crippen molar-refractivity contribution in [2.24, 2.45) is 5.84 Å². The molecule has 1 aromatic carbocycles. The third-order valence-corrected chi connectivity index (χ3v) is 3.13. The average molecular weight is 301 g/mol. The number of anilines is 3. The average Bonchev–Trinajstić information content (AvgIpc) is 2.38. The normalized spacial score (nSPS) is 10.4. The summed E-state index contributed by atoms with van der Waals surface area (Å²) in [6, 6.07) is 7.61. The molecule has 0 atom stereocenters. The van der Waals surface area contributed by atoms with Crippen LogP contribution in [0.5, 0.6) is 0 Å². The van der Waals surface area contributed by atoms with Crippen molar-refractivity contribution >= 4 is 40.5 Å². The molecule has 0 unspecified atom stereocenters. The highest BCUT2D eigenvalue weighted by Gasteiger charge is 2.14. The molecule has 0 aliphatic heterocycles. The second-order valence-corrected chi connectivity index (χ2v) is 4.62. The first-order chi connectivity index (χ1) is 9.02. The summed E-state index contributed by atoms with van der Waals surface area (Å²) in [7, 11) is 1.72. The number of hydrogen-bond acceptors (Lipinski definition) is 4. The quantitative estimate of drug-likeness (QED) is 0.672. The molecule has 0 aliphatic carbocycles. The van der Waals surface area contributed by atoms with Gasteiger partial charge in [-0.25, -0.2) is 15.2 Å². The standard InChI is InChI=1S/C12H11Cl2FN4/c1-19(8-4-2-3-7(15)5-8)12-10(14)6-9(13)11(17-12)18-16/h2-6H,16H2,1H3,(H,17,18). The van der Waals surface area contributed by atoms with Crippen LogP contribution in [0.15, 0.2) is 30.3 Å². The van der Waals surface area contributed by atoms with Crippen LogP contribution in [0.3, 0.4) is 0 Å². The van der Waals surface area contributed by atoms with Crippen molar-refractivity contribution in [3.8, 4) is 0 Å². The Morgan fingerprint density at radius 3 is 2.63 bits per heavy atom. The molecule has 1 aromatic heterocycles. The Bertz CT molecular complexity index is 606. The summed E-state index contributed by atoms with van der Waals surface area (Å²) in [6.07, 6.45) is 0. The van der Waals surface area contributed by atoms with Gasteiger partial charge in [-0.1, -0.05) is 29.3 Å². The van der Waals surface area contributed by atoms with E-state index in [1.807, 2.05) is 0 Å². The van der Waals surface area contributed by atoms with Gasteiger partial charge in [0.25, 0.3) is 0 Å². The monoisotopic (exact) mass is 300 g/mol. The van der Waals surface area contributed by atoms with Crippen LogP contribution in [0.1, 0.15) is 0 Å². The minimum atomic E-state index is -0.341. The summed E-state index contributed by atoms with van der Waals surface area (Å²) in [5.41, 5.74) is 2.99. The summed E-state index contributed by atoms with van der Waals surface area (Å²) in [5, 5.41) is 0.652. The first-order valence-corrected chi connectivity index (χ1v) is 6.10. The van der Waals surface area contributed by atoms with Crippen molar-refractivity contribution < 1.29 is 4.39 Å². The van der Waals surface area contributed by atoms with Gasteiger partial charge >= 0.3 is 0 Å². The third kappa shape index (κ3) is 2.89. The summed E-state index contributed by atoms with van der Waals surface area (Å²) >= 11 is 12.0. The topological polar surface area (TPSA) is 54.2 Å². The maximum absolute atomic E-state index is 13.2. The molecule has 2 aromatic rings. The highest BCUT2D eigenvalue weighted by Crippen LogP contribution is 2.33. The molecule has 0 bridgehead atoms. The number of nitrogens with one attached hydrogen (secondary N) is 1. The van der Waals surface area contributed by atoms with Gasteiger partial charge in [0.1, 0.15) is 5.82 Å². The number of nitrogen functional groups attached to an aromatic ring is 1. The van der Waals surface area contributed by atoms with Crippen LogP contribution < -0.4 is 16.2 Å². The molecule has 0 fully saturated rings. The van der Waals surface area contributed by atoms with Gasteiger partial charge in [-0.2, -0.15) is 0 Å². The van der Waals surface area contributed by atoms with E-state index in [9.17, 15) is 4.39 Å². The van der Waals surface area contributed by atoms with Gasteiger partial charge in [-0.15, -0.1) is 0 Å². The minimum Gasteiger partial charge on any atom is -0.328 e. The molecular formula is C12H11Cl2FN4. The van der Waals surface area contributed by atoms with Crippen LogP contribution in [0.25, 0.3) is 0 Å². The second-order valence-electron chi connectivity index (χ2n) is 3.81. The van der Waals surface area contributed by atoms with Crippen LogP contribution in [0.4, 0.5) is 21.7 Å². The molecule has 2 rings (SSSR count). The molecule has 0 spiro atoms. The van der Waals surface area contributed by atoms with Gasteiger partial charge in [0.15, 0.2) is 11.6 Å². The number of hydrogen-bond donors (Lipinski definition) is 2. The molecule has 100 valence electrons. The van der Waals surface area contributed by atoms with Crippen molar-refractivity contribution in [1.29, 1.82) is 0 Å². The van der Waals surface area contributed by atoms with E-state index in [2.05, 4.69) is 10.4 Å². The Morgan fingerprint density at radius 2 is 2.00 bits per heavy atom. The van der Waals surface area contributed by atoms with Gasteiger partial charge in [-0.05, 0) is 24.3 Å². The van der Waals surface area contributed by atoms with Gasteiger partial charge < -0.3 is 10.3 Å². The fourth-order valence-electron chi connectivity index (χ4n) is 1.60. The van der Waals surface area contributed by atoms with Crippen LogP contribution in [0, 0.1) is 5.82 Å². The molecular weight excluding hydrogens is 290 g/mol. The zero-order valence-corrected chi connectivity index (χ0v) is 11.5. The Morgan fingerprint density at radius 1 is 1.26 bits per heavy atom. The molecule has 0 saturated heterocycles. The van der Waals surface area contributed by atoms with E-state index in [0.29, 0.717) is 27.4 Å². The molecule has 4 nitrogen and oxygen atoms in total. The van der Waals surface area contributed by atoms with E-state index >= 15 is 0 Å². The van der Waals surface area contributed by atoms with Crippen LogP contribution in [0.2, 0.25) is 10.0 Å². The lowest BCUT2D eigenvalue weighted by Gasteiger charge is -2.20. The number of hydrazine groups is 1. The molecule has 1 heterocycles. The maximum Gasteiger partial charge on any atom is 0.161 e. The van der Waals surface area contributed by atoms with Crippen molar-refractivity contribution in [1.82, 2.24) is 4.98 Å². The van der Waals surface area contributed by atoms with E-state index in [1.54, 1.807) is 24.1 Å². The van der Waals surface area contributed by atoms with E-state index in [-0.39, 0.29) is 5.82 Å². The number of rotatable bonds is 3. The summed E-state index contributed by atoms with van der Waals surface area (Å²) < 4.78 is 13.2. The Kier molecular flexibility index (Phi) is 4.09. The first-order valence-electron chi connectivity index (χ1n) is 5.35. The molecule has 0 radical (unpaired) electrons. The lowest BCUT2D eigenvalue weighted by atomic mass is 10.3.